The minimum absolute atomic E-state index is 0.428. The lowest BCUT2D eigenvalue weighted by Crippen LogP contribution is -2.47. The fraction of sp³-hybridized carbons (Fsp3) is 0.682. The van der Waals surface area contributed by atoms with Gasteiger partial charge in [0.05, 0.1) is 0 Å². The van der Waals surface area contributed by atoms with Crippen molar-refractivity contribution in [2.24, 2.45) is 23.5 Å². The highest BCUT2D eigenvalue weighted by Gasteiger charge is 2.49. The maximum atomic E-state index is 13.1. The number of nitrogens with zero attached hydrogens (tertiary/aromatic N) is 2. The zero-order valence-electron chi connectivity index (χ0n) is 17.4. The van der Waals surface area contributed by atoms with E-state index in [4.69, 9.17) is 17.3 Å². The predicted octanol–water partition coefficient (Wildman–Crippen LogP) is 4.63. The van der Waals surface area contributed by atoms with Gasteiger partial charge in [0.15, 0.2) is 0 Å². The van der Waals surface area contributed by atoms with Gasteiger partial charge in [-0.25, -0.2) is 0 Å². The number of carbonyl (C=O) groups excluding carboxylic acids is 1. The first-order chi connectivity index (χ1) is 14.1. The van der Waals surface area contributed by atoms with Crippen molar-refractivity contribution in [3.05, 3.63) is 28.8 Å². The molecule has 0 aromatic heterocycles. The van der Waals surface area contributed by atoms with Crippen LogP contribution in [0.25, 0.3) is 0 Å². The van der Waals surface area contributed by atoms with E-state index in [9.17, 15) is 18.0 Å². The number of amides is 1. The Kier molecular flexibility index (Phi) is 7.56. The predicted molar refractivity (Wildman–Crippen MR) is 114 cm³/mol. The highest BCUT2D eigenvalue weighted by Crippen LogP contribution is 2.41. The molecule has 1 aliphatic heterocycles. The van der Waals surface area contributed by atoms with Crippen LogP contribution >= 0.6 is 11.6 Å². The van der Waals surface area contributed by atoms with E-state index in [0.29, 0.717) is 18.8 Å². The number of rotatable bonds is 6. The molecule has 2 aliphatic rings. The molecule has 1 aromatic rings. The maximum absolute atomic E-state index is 13.1. The normalized spacial score (nSPS) is 24.6. The Hall–Kier alpha value is -1.47. The Morgan fingerprint density at radius 3 is 2.33 bits per heavy atom. The van der Waals surface area contributed by atoms with Crippen LogP contribution in [0.5, 0.6) is 0 Å². The van der Waals surface area contributed by atoms with Gasteiger partial charge < -0.3 is 10.6 Å². The number of primary amides is 1. The Labute approximate surface area is 181 Å². The molecule has 1 atom stereocenters. The van der Waals surface area contributed by atoms with Gasteiger partial charge in [-0.1, -0.05) is 30.5 Å². The third-order valence-corrected chi connectivity index (χ3v) is 7.18. The van der Waals surface area contributed by atoms with Crippen LogP contribution in [0.4, 0.5) is 18.9 Å². The Bertz CT molecular complexity index is 727. The van der Waals surface area contributed by atoms with E-state index in [2.05, 4.69) is 15.9 Å². The van der Waals surface area contributed by atoms with Crippen LogP contribution in [-0.2, 0) is 4.79 Å². The molecule has 8 heteroatoms. The standard InChI is InChI=1S/C22H31ClF3N3O/c1-15-2-7-18(14-19(15)23)29-12-10-28(11-13-29)9-8-16-3-5-17(6-4-16)20(21(27)30)22(24,25)26/h2,7,14,16-17,20H,3-6,8-13H2,1H3,(H2,27,30). The second-order valence-corrected chi connectivity index (χ2v) is 9.16. The maximum Gasteiger partial charge on any atom is 0.400 e. The number of nitrogens with two attached hydrogens (primary N) is 1. The van der Waals surface area contributed by atoms with Crippen LogP contribution in [0.15, 0.2) is 18.2 Å². The van der Waals surface area contributed by atoms with Gasteiger partial charge in [0, 0.05) is 36.9 Å². The van der Waals surface area contributed by atoms with Gasteiger partial charge in [-0.3, -0.25) is 9.69 Å². The summed E-state index contributed by atoms with van der Waals surface area (Å²) < 4.78 is 39.4. The highest BCUT2D eigenvalue weighted by molar-refractivity contribution is 6.31. The summed E-state index contributed by atoms with van der Waals surface area (Å²) in [7, 11) is 0. The zero-order valence-corrected chi connectivity index (χ0v) is 18.2. The minimum Gasteiger partial charge on any atom is -0.369 e. The minimum atomic E-state index is -4.54. The Morgan fingerprint density at radius 2 is 1.80 bits per heavy atom. The van der Waals surface area contributed by atoms with Crippen LogP contribution < -0.4 is 10.6 Å². The smallest absolute Gasteiger partial charge is 0.369 e. The third kappa shape index (κ3) is 5.82. The summed E-state index contributed by atoms with van der Waals surface area (Å²) in [4.78, 5) is 16.1. The molecule has 1 unspecified atom stereocenters. The van der Waals surface area contributed by atoms with Gasteiger partial charge in [0.1, 0.15) is 5.92 Å². The van der Waals surface area contributed by atoms with Gasteiger partial charge in [-0.2, -0.15) is 13.2 Å². The average Bonchev–Trinajstić information content (AvgIpc) is 2.69. The van der Waals surface area contributed by atoms with Crippen LogP contribution in [0.1, 0.15) is 37.7 Å². The average molecular weight is 446 g/mol. The molecule has 3 rings (SSSR count). The van der Waals surface area contributed by atoms with Crippen molar-refractivity contribution in [1.82, 2.24) is 4.90 Å². The summed E-state index contributed by atoms with van der Waals surface area (Å²) in [6.45, 7) is 6.79. The second-order valence-electron chi connectivity index (χ2n) is 8.75. The van der Waals surface area contributed by atoms with Crippen LogP contribution in [0.2, 0.25) is 5.02 Å². The zero-order chi connectivity index (χ0) is 21.9. The molecule has 1 aliphatic carbocycles. The number of carbonyl (C=O) groups is 1. The van der Waals surface area contributed by atoms with Crippen molar-refractivity contribution >= 4 is 23.2 Å². The Morgan fingerprint density at radius 1 is 1.17 bits per heavy atom. The number of hydrogen-bond acceptors (Lipinski definition) is 3. The molecule has 4 nitrogen and oxygen atoms in total. The molecule has 1 aromatic carbocycles. The molecular formula is C22H31ClF3N3O. The molecular weight excluding hydrogens is 415 g/mol. The topological polar surface area (TPSA) is 49.6 Å². The van der Waals surface area contributed by atoms with Crippen molar-refractivity contribution in [1.29, 1.82) is 0 Å². The van der Waals surface area contributed by atoms with E-state index >= 15 is 0 Å². The van der Waals surface area contributed by atoms with Crippen molar-refractivity contribution in [2.75, 3.05) is 37.6 Å². The van der Waals surface area contributed by atoms with E-state index in [1.165, 1.54) is 0 Å². The van der Waals surface area contributed by atoms with Gasteiger partial charge >= 0.3 is 6.18 Å². The number of benzene rings is 1. The molecule has 1 amide bonds. The fourth-order valence-corrected chi connectivity index (χ4v) is 5.02. The summed E-state index contributed by atoms with van der Waals surface area (Å²) in [5.74, 6) is -3.47. The molecule has 1 saturated heterocycles. The number of anilines is 1. The van der Waals surface area contributed by atoms with Gasteiger partial charge in [0.25, 0.3) is 0 Å². The molecule has 0 spiro atoms. The SMILES string of the molecule is Cc1ccc(N2CCN(CCC3CCC(C(C(N)=O)C(F)(F)F)CC3)CC2)cc1Cl. The van der Waals surface area contributed by atoms with E-state index in [1.807, 2.05) is 19.1 Å². The van der Waals surface area contributed by atoms with Crippen molar-refractivity contribution in [3.63, 3.8) is 0 Å². The van der Waals surface area contributed by atoms with Crippen molar-refractivity contribution in [3.8, 4) is 0 Å². The van der Waals surface area contributed by atoms with Crippen molar-refractivity contribution < 1.29 is 18.0 Å². The number of piperazine rings is 1. The van der Waals surface area contributed by atoms with E-state index in [0.717, 1.165) is 68.3 Å². The molecule has 2 N–H and O–H groups in total. The molecule has 30 heavy (non-hydrogen) atoms. The molecule has 168 valence electrons. The summed E-state index contributed by atoms with van der Waals surface area (Å²) >= 11 is 6.24. The van der Waals surface area contributed by atoms with Gasteiger partial charge in [-0.15, -0.1) is 0 Å². The molecule has 1 heterocycles. The van der Waals surface area contributed by atoms with Crippen molar-refractivity contribution in [2.45, 2.75) is 45.2 Å². The van der Waals surface area contributed by atoms with E-state index < -0.39 is 23.9 Å². The highest BCUT2D eigenvalue weighted by atomic mass is 35.5. The van der Waals surface area contributed by atoms with Crippen LogP contribution in [0, 0.1) is 24.7 Å². The number of hydrogen-bond donors (Lipinski definition) is 1. The van der Waals surface area contributed by atoms with E-state index in [1.54, 1.807) is 0 Å². The second kappa shape index (κ2) is 9.77. The first kappa shape index (κ1) is 23.2. The summed E-state index contributed by atoms with van der Waals surface area (Å²) in [6, 6.07) is 6.17. The molecule has 1 saturated carbocycles. The van der Waals surface area contributed by atoms with Crippen LogP contribution in [-0.4, -0.2) is 49.7 Å². The lowest BCUT2D eigenvalue weighted by molar-refractivity contribution is -0.194. The quantitative estimate of drug-likeness (QED) is 0.694. The number of alkyl halides is 3. The lowest BCUT2D eigenvalue weighted by atomic mass is 9.74. The van der Waals surface area contributed by atoms with Crippen LogP contribution in [0.3, 0.4) is 0 Å². The summed E-state index contributed by atoms with van der Waals surface area (Å²) in [5, 5.41) is 0.787. The lowest BCUT2D eigenvalue weighted by Gasteiger charge is -2.38. The van der Waals surface area contributed by atoms with E-state index in [-0.39, 0.29) is 0 Å². The van der Waals surface area contributed by atoms with Gasteiger partial charge in [-0.05, 0) is 62.3 Å². The Balaban J connectivity index is 1.40. The monoisotopic (exact) mass is 445 g/mol. The first-order valence-corrected chi connectivity index (χ1v) is 11.1. The first-order valence-electron chi connectivity index (χ1n) is 10.7. The fourth-order valence-electron chi connectivity index (χ4n) is 4.84. The molecule has 2 fully saturated rings. The summed E-state index contributed by atoms with van der Waals surface area (Å²) in [5.41, 5.74) is 7.26. The largest absolute Gasteiger partial charge is 0.400 e. The van der Waals surface area contributed by atoms with Gasteiger partial charge in [0.2, 0.25) is 5.91 Å². The number of aryl methyl sites for hydroxylation is 1. The third-order valence-electron chi connectivity index (χ3n) is 6.77. The number of halogens is 4. The molecule has 0 bridgehead atoms. The molecule has 0 radical (unpaired) electrons. The summed E-state index contributed by atoms with van der Waals surface area (Å²) in [6.07, 6.45) is -1.20.